The van der Waals surface area contributed by atoms with Gasteiger partial charge in [0.05, 0.1) is 13.0 Å². The van der Waals surface area contributed by atoms with Gasteiger partial charge >= 0.3 is 0 Å². The number of carbonyl (C=O) groups excluding carboxylic acids is 2. The highest BCUT2D eigenvalue weighted by Crippen LogP contribution is 2.29. The number of β-lactam (4-membered cyclic amide) rings is 1. The third-order valence-electron chi connectivity index (χ3n) is 1.88. The van der Waals surface area contributed by atoms with Crippen LogP contribution in [0.25, 0.3) is 0 Å². The van der Waals surface area contributed by atoms with Gasteiger partial charge in [-0.15, -0.1) is 0 Å². The Labute approximate surface area is 63.4 Å². The zero-order valence-electron chi connectivity index (χ0n) is 5.82. The standard InChI is InChI=1S/C7H7NO3/c9-2-1-5-4-8-6(10)3-7(8)11-5/h1-2,7H,3-4H2/b5-1-. The molecule has 2 fully saturated rings. The lowest BCUT2D eigenvalue weighted by molar-refractivity contribution is -0.153. The number of allylic oxidation sites excluding steroid dienone is 1. The quantitative estimate of drug-likeness (QED) is 0.294. The lowest BCUT2D eigenvalue weighted by Crippen LogP contribution is -2.48. The molecule has 0 aromatic rings. The fourth-order valence-electron chi connectivity index (χ4n) is 1.27. The smallest absolute Gasteiger partial charge is 0.231 e. The first-order valence-corrected chi connectivity index (χ1v) is 3.42. The van der Waals surface area contributed by atoms with E-state index in [1.165, 1.54) is 6.08 Å². The van der Waals surface area contributed by atoms with Crippen LogP contribution in [0.15, 0.2) is 11.8 Å². The Kier molecular flexibility index (Phi) is 1.21. The number of carbonyl (C=O) groups is 2. The number of amides is 1. The van der Waals surface area contributed by atoms with Crippen molar-refractivity contribution >= 4 is 12.2 Å². The zero-order chi connectivity index (χ0) is 7.84. The number of aldehydes is 1. The summed E-state index contributed by atoms with van der Waals surface area (Å²) in [5.41, 5.74) is 0. The van der Waals surface area contributed by atoms with Crippen molar-refractivity contribution in [2.24, 2.45) is 0 Å². The van der Waals surface area contributed by atoms with Gasteiger partial charge in [-0.25, -0.2) is 0 Å². The molecule has 4 nitrogen and oxygen atoms in total. The summed E-state index contributed by atoms with van der Waals surface area (Å²) in [6.45, 7) is 0.461. The Morgan fingerprint density at radius 2 is 2.45 bits per heavy atom. The number of ether oxygens (including phenoxy) is 1. The molecule has 0 aromatic heterocycles. The largest absolute Gasteiger partial charge is 0.472 e. The Bertz CT molecular complexity index is 246. The third kappa shape index (κ3) is 0.824. The highest BCUT2D eigenvalue weighted by atomic mass is 16.5. The Morgan fingerprint density at radius 1 is 1.64 bits per heavy atom. The van der Waals surface area contributed by atoms with Crippen LogP contribution >= 0.6 is 0 Å². The molecule has 0 spiro atoms. The molecule has 1 unspecified atom stereocenters. The molecule has 0 aliphatic carbocycles. The number of hydrogen-bond donors (Lipinski definition) is 0. The lowest BCUT2D eigenvalue weighted by Gasteiger charge is -2.30. The van der Waals surface area contributed by atoms with Gasteiger partial charge in [-0.2, -0.15) is 0 Å². The first-order chi connectivity index (χ1) is 5.31. The van der Waals surface area contributed by atoms with Crippen LogP contribution in [0, 0.1) is 0 Å². The van der Waals surface area contributed by atoms with Crippen molar-refractivity contribution in [2.45, 2.75) is 12.6 Å². The molecule has 0 saturated carbocycles. The van der Waals surface area contributed by atoms with Crippen molar-refractivity contribution in [3.8, 4) is 0 Å². The molecular formula is C7H7NO3. The second-order valence-corrected chi connectivity index (χ2v) is 2.57. The minimum atomic E-state index is -0.0892. The van der Waals surface area contributed by atoms with Crippen LogP contribution in [0.2, 0.25) is 0 Å². The molecule has 2 rings (SSSR count). The Hall–Kier alpha value is -1.32. The second kappa shape index (κ2) is 2.08. The van der Waals surface area contributed by atoms with E-state index in [1.54, 1.807) is 4.90 Å². The zero-order valence-corrected chi connectivity index (χ0v) is 5.82. The number of nitrogens with zero attached hydrogens (tertiary/aromatic N) is 1. The van der Waals surface area contributed by atoms with Crippen molar-refractivity contribution in [3.63, 3.8) is 0 Å². The molecule has 2 aliphatic heterocycles. The molecular weight excluding hydrogens is 146 g/mol. The average Bonchev–Trinajstić information content (AvgIpc) is 2.29. The summed E-state index contributed by atoms with van der Waals surface area (Å²) in [6.07, 6.45) is 2.39. The predicted octanol–water partition coefficient (Wildman–Crippen LogP) is -0.342. The first-order valence-electron chi connectivity index (χ1n) is 3.42. The molecule has 2 aliphatic rings. The number of rotatable bonds is 1. The van der Waals surface area contributed by atoms with E-state index in [-0.39, 0.29) is 12.1 Å². The van der Waals surface area contributed by atoms with E-state index >= 15 is 0 Å². The van der Waals surface area contributed by atoms with E-state index in [1.807, 2.05) is 0 Å². The summed E-state index contributed by atoms with van der Waals surface area (Å²) in [5.74, 6) is 0.695. The molecule has 2 heterocycles. The maximum Gasteiger partial charge on any atom is 0.231 e. The minimum absolute atomic E-state index is 0.0892. The molecule has 0 aromatic carbocycles. The molecule has 0 radical (unpaired) electrons. The first kappa shape index (κ1) is 6.39. The summed E-state index contributed by atoms with van der Waals surface area (Å²) in [5, 5.41) is 0. The maximum absolute atomic E-state index is 10.8. The summed E-state index contributed by atoms with van der Waals surface area (Å²) >= 11 is 0. The third-order valence-corrected chi connectivity index (χ3v) is 1.88. The molecule has 4 heteroatoms. The molecule has 1 amide bonds. The molecule has 58 valence electrons. The molecule has 0 bridgehead atoms. The van der Waals surface area contributed by atoms with Gasteiger partial charge in [-0.3, -0.25) is 14.5 Å². The highest BCUT2D eigenvalue weighted by molar-refractivity contribution is 5.83. The van der Waals surface area contributed by atoms with Crippen LogP contribution in [-0.2, 0) is 14.3 Å². The Balaban J connectivity index is 2.09. The van der Waals surface area contributed by atoms with Crippen molar-refractivity contribution in [1.29, 1.82) is 0 Å². The summed E-state index contributed by atoms with van der Waals surface area (Å²) in [4.78, 5) is 22.4. The van der Waals surface area contributed by atoms with Crippen LogP contribution in [0.1, 0.15) is 6.42 Å². The van der Waals surface area contributed by atoms with Crippen molar-refractivity contribution in [1.82, 2.24) is 4.90 Å². The van der Waals surface area contributed by atoms with Gasteiger partial charge in [0.15, 0.2) is 6.23 Å². The van der Waals surface area contributed by atoms with Crippen LogP contribution in [0.3, 0.4) is 0 Å². The topological polar surface area (TPSA) is 46.6 Å². The average molecular weight is 153 g/mol. The fraction of sp³-hybridized carbons (Fsp3) is 0.429. The minimum Gasteiger partial charge on any atom is -0.472 e. The van der Waals surface area contributed by atoms with Crippen molar-refractivity contribution < 1.29 is 14.3 Å². The van der Waals surface area contributed by atoms with Crippen LogP contribution in [0.4, 0.5) is 0 Å². The summed E-state index contributed by atoms with van der Waals surface area (Å²) in [6, 6.07) is 0. The van der Waals surface area contributed by atoms with Gasteiger partial charge in [0.25, 0.3) is 0 Å². The molecule has 11 heavy (non-hydrogen) atoms. The molecule has 0 N–H and O–H groups in total. The lowest BCUT2D eigenvalue weighted by atomic mass is 10.2. The van der Waals surface area contributed by atoms with E-state index in [4.69, 9.17) is 4.74 Å². The van der Waals surface area contributed by atoms with Crippen molar-refractivity contribution in [2.75, 3.05) is 6.54 Å². The SMILES string of the molecule is O=C/C=C1/CN2C(=O)CC2O1. The summed E-state index contributed by atoms with van der Waals surface area (Å²) < 4.78 is 5.21. The van der Waals surface area contributed by atoms with Gasteiger partial charge in [0.1, 0.15) is 12.0 Å². The monoisotopic (exact) mass is 153 g/mol. The van der Waals surface area contributed by atoms with Gasteiger partial charge in [-0.1, -0.05) is 0 Å². The highest BCUT2D eigenvalue weighted by Gasteiger charge is 2.43. The Morgan fingerprint density at radius 3 is 3.00 bits per heavy atom. The second-order valence-electron chi connectivity index (χ2n) is 2.57. The number of hydrogen-bond acceptors (Lipinski definition) is 3. The van der Waals surface area contributed by atoms with Crippen LogP contribution < -0.4 is 0 Å². The van der Waals surface area contributed by atoms with Crippen LogP contribution in [0.5, 0.6) is 0 Å². The van der Waals surface area contributed by atoms with Gasteiger partial charge in [-0.05, 0) is 0 Å². The van der Waals surface area contributed by atoms with Crippen molar-refractivity contribution in [3.05, 3.63) is 11.8 Å². The van der Waals surface area contributed by atoms with E-state index in [0.717, 1.165) is 0 Å². The van der Waals surface area contributed by atoms with E-state index in [2.05, 4.69) is 0 Å². The number of fused-ring (bicyclic) bond motifs is 1. The van der Waals surface area contributed by atoms with Crippen LogP contribution in [-0.4, -0.2) is 29.9 Å². The van der Waals surface area contributed by atoms with E-state index < -0.39 is 0 Å². The van der Waals surface area contributed by atoms with Gasteiger partial charge in [0.2, 0.25) is 5.91 Å². The van der Waals surface area contributed by atoms with E-state index in [0.29, 0.717) is 25.0 Å². The predicted molar refractivity (Wildman–Crippen MR) is 35.4 cm³/mol. The van der Waals surface area contributed by atoms with E-state index in [9.17, 15) is 9.59 Å². The molecule has 2 saturated heterocycles. The van der Waals surface area contributed by atoms with Gasteiger partial charge in [0, 0.05) is 6.08 Å². The molecule has 1 atom stereocenters. The fourth-order valence-corrected chi connectivity index (χ4v) is 1.27. The maximum atomic E-state index is 10.8. The summed E-state index contributed by atoms with van der Waals surface area (Å²) in [7, 11) is 0. The normalized spacial score (nSPS) is 31.3. The van der Waals surface area contributed by atoms with Gasteiger partial charge < -0.3 is 4.74 Å².